The molecule has 2 rings (SSSR count). The topological polar surface area (TPSA) is 97.1 Å². The molecule has 1 aromatic rings. The van der Waals surface area contributed by atoms with Crippen LogP contribution in [0.15, 0.2) is 0 Å². The maximum absolute atomic E-state index is 11.7. The molecule has 7 nitrogen and oxygen atoms in total. The van der Waals surface area contributed by atoms with Crippen molar-refractivity contribution in [1.29, 1.82) is 0 Å². The van der Waals surface area contributed by atoms with Gasteiger partial charge in [-0.3, -0.25) is 4.79 Å². The standard InChI is InChI=1S/C13H20N4O3/c1-13(2,3)11-10(12(19)20)15-16-17(11)7-6-9(18)14-8-4-5-8/h8H,4-7H2,1-3H3,(H,14,18)(H,19,20). The lowest BCUT2D eigenvalue weighted by molar-refractivity contribution is -0.121. The first kappa shape index (κ1) is 14.5. The number of hydrogen-bond acceptors (Lipinski definition) is 4. The van der Waals surface area contributed by atoms with Gasteiger partial charge >= 0.3 is 5.97 Å². The molecule has 0 atom stereocenters. The maximum Gasteiger partial charge on any atom is 0.358 e. The summed E-state index contributed by atoms with van der Waals surface area (Å²) < 4.78 is 1.52. The molecule has 0 aromatic carbocycles. The first-order chi connectivity index (χ1) is 9.29. The molecule has 0 bridgehead atoms. The van der Waals surface area contributed by atoms with E-state index < -0.39 is 11.4 Å². The molecule has 0 aliphatic heterocycles. The van der Waals surface area contributed by atoms with Gasteiger partial charge in [0.2, 0.25) is 5.91 Å². The van der Waals surface area contributed by atoms with E-state index in [1.54, 1.807) is 0 Å². The third-order valence-electron chi connectivity index (χ3n) is 3.14. The molecule has 0 radical (unpaired) electrons. The highest BCUT2D eigenvalue weighted by Crippen LogP contribution is 2.25. The molecule has 1 saturated carbocycles. The molecule has 0 saturated heterocycles. The van der Waals surface area contributed by atoms with Gasteiger partial charge in [0, 0.05) is 17.9 Å². The molecule has 110 valence electrons. The van der Waals surface area contributed by atoms with E-state index in [0.29, 0.717) is 18.3 Å². The van der Waals surface area contributed by atoms with Crippen molar-refractivity contribution in [3.8, 4) is 0 Å². The zero-order chi connectivity index (χ0) is 14.9. The number of hydrogen-bond donors (Lipinski definition) is 2. The number of amides is 1. The van der Waals surface area contributed by atoms with Crippen LogP contribution in [-0.2, 0) is 16.8 Å². The number of carbonyl (C=O) groups is 2. The number of nitrogens with one attached hydrogen (secondary N) is 1. The second-order valence-electron chi connectivity index (χ2n) is 6.16. The molecule has 1 heterocycles. The Bertz CT molecular complexity index is 526. The van der Waals surface area contributed by atoms with Crippen LogP contribution in [0.3, 0.4) is 0 Å². The zero-order valence-corrected chi connectivity index (χ0v) is 12.0. The predicted molar refractivity (Wildman–Crippen MR) is 71.5 cm³/mol. The molecule has 1 aliphatic rings. The number of carboxylic acid groups (broad SMARTS) is 1. The molecular weight excluding hydrogens is 260 g/mol. The van der Waals surface area contributed by atoms with Crippen LogP contribution >= 0.6 is 0 Å². The first-order valence-corrected chi connectivity index (χ1v) is 6.75. The second-order valence-corrected chi connectivity index (χ2v) is 6.16. The Kier molecular flexibility index (Phi) is 3.78. The Morgan fingerprint density at radius 2 is 2.05 bits per heavy atom. The number of aryl methyl sites for hydroxylation is 1. The van der Waals surface area contributed by atoms with Crippen LogP contribution in [0.25, 0.3) is 0 Å². The Labute approximate surface area is 117 Å². The van der Waals surface area contributed by atoms with Crippen molar-refractivity contribution < 1.29 is 14.7 Å². The van der Waals surface area contributed by atoms with E-state index in [-0.39, 0.29) is 18.0 Å². The van der Waals surface area contributed by atoms with E-state index in [0.717, 1.165) is 12.8 Å². The van der Waals surface area contributed by atoms with Crippen LogP contribution < -0.4 is 5.32 Å². The highest BCUT2D eigenvalue weighted by atomic mass is 16.4. The summed E-state index contributed by atoms with van der Waals surface area (Å²) in [5, 5.41) is 19.6. The molecule has 1 aliphatic carbocycles. The van der Waals surface area contributed by atoms with E-state index in [2.05, 4.69) is 15.6 Å². The largest absolute Gasteiger partial charge is 0.476 e. The van der Waals surface area contributed by atoms with Crippen molar-refractivity contribution in [2.45, 2.75) is 58.0 Å². The van der Waals surface area contributed by atoms with Crippen LogP contribution in [0.5, 0.6) is 0 Å². The quantitative estimate of drug-likeness (QED) is 0.836. The van der Waals surface area contributed by atoms with Crippen molar-refractivity contribution in [3.05, 3.63) is 11.4 Å². The average molecular weight is 280 g/mol. The molecular formula is C13H20N4O3. The summed E-state index contributed by atoms with van der Waals surface area (Å²) in [6, 6.07) is 0.329. The molecule has 1 amide bonds. The van der Waals surface area contributed by atoms with Crippen LogP contribution in [-0.4, -0.2) is 38.0 Å². The lowest BCUT2D eigenvalue weighted by Gasteiger charge is -2.20. The summed E-state index contributed by atoms with van der Waals surface area (Å²) in [7, 11) is 0. The molecule has 20 heavy (non-hydrogen) atoms. The van der Waals surface area contributed by atoms with E-state index >= 15 is 0 Å². The maximum atomic E-state index is 11.7. The summed E-state index contributed by atoms with van der Waals surface area (Å²) in [4.78, 5) is 22.9. The Balaban J connectivity index is 2.10. The fraction of sp³-hybridized carbons (Fsp3) is 0.692. The van der Waals surface area contributed by atoms with Crippen molar-refractivity contribution in [3.63, 3.8) is 0 Å². The minimum absolute atomic E-state index is 0.0280. The number of rotatable bonds is 5. The van der Waals surface area contributed by atoms with Gasteiger partial charge in [-0.25, -0.2) is 9.48 Å². The van der Waals surface area contributed by atoms with Gasteiger partial charge < -0.3 is 10.4 Å². The Morgan fingerprint density at radius 1 is 1.40 bits per heavy atom. The van der Waals surface area contributed by atoms with Gasteiger partial charge in [-0.05, 0) is 12.8 Å². The third-order valence-corrected chi connectivity index (χ3v) is 3.14. The van der Waals surface area contributed by atoms with E-state index in [1.165, 1.54) is 4.68 Å². The minimum atomic E-state index is -1.09. The van der Waals surface area contributed by atoms with Gasteiger partial charge in [-0.1, -0.05) is 26.0 Å². The molecule has 7 heteroatoms. The number of carboxylic acids is 1. The first-order valence-electron chi connectivity index (χ1n) is 6.75. The number of nitrogens with zero attached hydrogens (tertiary/aromatic N) is 3. The molecule has 1 aromatic heterocycles. The van der Waals surface area contributed by atoms with Crippen molar-refractivity contribution in [1.82, 2.24) is 20.3 Å². The summed E-state index contributed by atoms with van der Waals surface area (Å²) >= 11 is 0. The number of aromatic nitrogens is 3. The minimum Gasteiger partial charge on any atom is -0.476 e. The van der Waals surface area contributed by atoms with Crippen LogP contribution in [0, 0.1) is 0 Å². The van der Waals surface area contributed by atoms with Gasteiger partial charge in [0.1, 0.15) is 0 Å². The summed E-state index contributed by atoms with van der Waals surface area (Å²) in [6.45, 7) is 6.04. The Hall–Kier alpha value is -1.92. The normalized spacial score (nSPS) is 15.2. The lowest BCUT2D eigenvalue weighted by Crippen LogP contribution is -2.28. The molecule has 2 N–H and O–H groups in total. The smallest absolute Gasteiger partial charge is 0.358 e. The van der Waals surface area contributed by atoms with Crippen LogP contribution in [0.4, 0.5) is 0 Å². The summed E-state index contributed by atoms with van der Waals surface area (Å²) in [5.41, 5.74) is 0.105. The highest BCUT2D eigenvalue weighted by molar-refractivity contribution is 5.86. The third kappa shape index (κ3) is 3.34. The van der Waals surface area contributed by atoms with Gasteiger partial charge in [0.25, 0.3) is 0 Å². The van der Waals surface area contributed by atoms with Gasteiger partial charge in [0.15, 0.2) is 5.69 Å². The van der Waals surface area contributed by atoms with Gasteiger partial charge in [-0.15, -0.1) is 5.10 Å². The molecule has 1 fully saturated rings. The number of carbonyl (C=O) groups excluding carboxylic acids is 1. The summed E-state index contributed by atoms with van der Waals surface area (Å²) in [6.07, 6.45) is 2.37. The van der Waals surface area contributed by atoms with Gasteiger partial charge in [-0.2, -0.15) is 0 Å². The second kappa shape index (κ2) is 5.22. The summed E-state index contributed by atoms with van der Waals surface area (Å²) in [5.74, 6) is -1.12. The van der Waals surface area contributed by atoms with Crippen LogP contribution in [0.2, 0.25) is 0 Å². The SMILES string of the molecule is CC(C)(C)c1c(C(=O)O)nnn1CCC(=O)NC1CC1. The van der Waals surface area contributed by atoms with Crippen molar-refractivity contribution in [2.75, 3.05) is 0 Å². The van der Waals surface area contributed by atoms with Crippen molar-refractivity contribution in [2.24, 2.45) is 0 Å². The number of aromatic carboxylic acids is 1. The van der Waals surface area contributed by atoms with Crippen LogP contribution in [0.1, 0.15) is 56.2 Å². The molecule has 0 spiro atoms. The zero-order valence-electron chi connectivity index (χ0n) is 12.0. The monoisotopic (exact) mass is 280 g/mol. The predicted octanol–water partition coefficient (Wildman–Crippen LogP) is 0.942. The van der Waals surface area contributed by atoms with E-state index in [4.69, 9.17) is 5.11 Å². The fourth-order valence-electron chi connectivity index (χ4n) is 2.09. The van der Waals surface area contributed by atoms with Gasteiger partial charge in [0.05, 0.1) is 12.2 Å². The highest BCUT2D eigenvalue weighted by Gasteiger charge is 2.29. The average Bonchev–Trinajstić information content (AvgIpc) is 3.01. The fourth-order valence-corrected chi connectivity index (χ4v) is 2.09. The lowest BCUT2D eigenvalue weighted by atomic mass is 9.90. The van der Waals surface area contributed by atoms with Crippen molar-refractivity contribution >= 4 is 11.9 Å². The van der Waals surface area contributed by atoms with E-state index in [9.17, 15) is 9.59 Å². The Morgan fingerprint density at radius 3 is 2.55 bits per heavy atom. The molecule has 0 unspecified atom stereocenters. The van der Waals surface area contributed by atoms with E-state index in [1.807, 2.05) is 20.8 Å².